The molecule has 0 bridgehead atoms. The number of hydrogen-bond donors (Lipinski definition) is 1. The molecule has 0 radical (unpaired) electrons. The van der Waals surface area contributed by atoms with Crippen molar-refractivity contribution in [2.24, 2.45) is 0 Å². The van der Waals surface area contributed by atoms with Crippen LogP contribution >= 0.6 is 15.9 Å². The maximum absolute atomic E-state index is 8.68. The van der Waals surface area contributed by atoms with Gasteiger partial charge in [0.1, 0.15) is 11.9 Å². The number of hydrogen-bond acceptors (Lipinski definition) is 4. The van der Waals surface area contributed by atoms with Gasteiger partial charge in [0.2, 0.25) is 0 Å². The summed E-state index contributed by atoms with van der Waals surface area (Å²) in [5.74, 6) is 0.612. The number of nitrogens with zero attached hydrogens (tertiary/aromatic N) is 3. The largest absolute Gasteiger partial charge is 0.339 e. The second kappa shape index (κ2) is 5.27. The Hall–Kier alpha value is -2.45. The molecule has 0 unspecified atom stereocenters. The molecule has 0 aliphatic heterocycles. The lowest BCUT2D eigenvalue weighted by molar-refractivity contribution is 1.16. The molecule has 0 spiro atoms. The van der Waals surface area contributed by atoms with Crippen molar-refractivity contribution >= 4 is 38.2 Å². The summed E-state index contributed by atoms with van der Waals surface area (Å²) in [6.45, 7) is 0. The van der Waals surface area contributed by atoms with E-state index in [0.717, 1.165) is 20.9 Å². The van der Waals surface area contributed by atoms with E-state index in [4.69, 9.17) is 5.26 Å². The SMILES string of the molecule is N#Cc1cnc(Nc2ccc3cc(Br)ccc3c2)cn1. The van der Waals surface area contributed by atoms with Crippen LogP contribution in [-0.4, -0.2) is 9.97 Å². The predicted molar refractivity (Wildman–Crippen MR) is 81.7 cm³/mol. The van der Waals surface area contributed by atoms with E-state index in [1.54, 1.807) is 6.20 Å². The monoisotopic (exact) mass is 324 g/mol. The van der Waals surface area contributed by atoms with Gasteiger partial charge in [0.25, 0.3) is 0 Å². The van der Waals surface area contributed by atoms with Crippen LogP contribution in [-0.2, 0) is 0 Å². The number of rotatable bonds is 2. The first-order chi connectivity index (χ1) is 9.74. The molecule has 0 fully saturated rings. The van der Waals surface area contributed by atoms with Crippen molar-refractivity contribution in [1.82, 2.24) is 9.97 Å². The fourth-order valence-corrected chi connectivity index (χ4v) is 2.27. The summed E-state index contributed by atoms with van der Waals surface area (Å²) in [5.41, 5.74) is 1.23. The molecule has 2 aromatic carbocycles. The van der Waals surface area contributed by atoms with Crippen LogP contribution in [0.25, 0.3) is 10.8 Å². The molecule has 0 aliphatic carbocycles. The summed E-state index contributed by atoms with van der Waals surface area (Å²) in [5, 5.41) is 14.2. The third kappa shape index (κ3) is 2.60. The van der Waals surface area contributed by atoms with E-state index in [9.17, 15) is 0 Å². The molecule has 1 heterocycles. The Labute approximate surface area is 124 Å². The highest BCUT2D eigenvalue weighted by Crippen LogP contribution is 2.24. The summed E-state index contributed by atoms with van der Waals surface area (Å²) < 4.78 is 1.06. The van der Waals surface area contributed by atoms with Gasteiger partial charge in [0, 0.05) is 10.2 Å². The molecule has 96 valence electrons. The molecule has 0 aliphatic rings. The molecular formula is C15H9BrN4. The Balaban J connectivity index is 1.90. The van der Waals surface area contributed by atoms with Crippen molar-refractivity contribution in [2.45, 2.75) is 0 Å². The normalized spacial score (nSPS) is 10.2. The lowest BCUT2D eigenvalue weighted by Crippen LogP contribution is -1.95. The quantitative estimate of drug-likeness (QED) is 0.773. The highest BCUT2D eigenvalue weighted by molar-refractivity contribution is 9.10. The Kier molecular flexibility index (Phi) is 3.32. The molecule has 0 saturated carbocycles. The van der Waals surface area contributed by atoms with Gasteiger partial charge in [-0.25, -0.2) is 9.97 Å². The molecular weight excluding hydrogens is 316 g/mol. The van der Waals surface area contributed by atoms with Crippen LogP contribution < -0.4 is 5.32 Å². The van der Waals surface area contributed by atoms with Gasteiger partial charge in [0.15, 0.2) is 5.69 Å². The van der Waals surface area contributed by atoms with E-state index in [2.05, 4.69) is 43.3 Å². The first kappa shape index (κ1) is 12.6. The minimum Gasteiger partial charge on any atom is -0.339 e. The van der Waals surface area contributed by atoms with Crippen molar-refractivity contribution in [3.8, 4) is 6.07 Å². The van der Waals surface area contributed by atoms with Gasteiger partial charge in [-0.05, 0) is 35.0 Å². The molecule has 5 heteroatoms. The Morgan fingerprint density at radius 3 is 2.55 bits per heavy atom. The molecule has 0 amide bonds. The smallest absolute Gasteiger partial charge is 0.158 e. The molecule has 0 saturated heterocycles. The standard InChI is InChI=1S/C15H9BrN4/c16-12-3-1-11-6-13(4-2-10(11)5-12)20-15-9-18-14(7-17)8-19-15/h1-6,8-9H,(H,19,20). The molecule has 20 heavy (non-hydrogen) atoms. The summed E-state index contributed by atoms with van der Waals surface area (Å²) in [6, 6.07) is 14.1. The van der Waals surface area contributed by atoms with Crippen LogP contribution in [0.4, 0.5) is 11.5 Å². The average molecular weight is 325 g/mol. The average Bonchev–Trinajstić information content (AvgIpc) is 2.48. The number of fused-ring (bicyclic) bond motifs is 1. The summed E-state index contributed by atoms with van der Waals surface area (Å²) >= 11 is 3.46. The summed E-state index contributed by atoms with van der Waals surface area (Å²) in [4.78, 5) is 8.11. The molecule has 0 atom stereocenters. The second-order valence-corrected chi connectivity index (χ2v) is 5.15. The summed E-state index contributed by atoms with van der Waals surface area (Å²) in [6.07, 6.45) is 2.99. The number of nitrogens with one attached hydrogen (secondary N) is 1. The van der Waals surface area contributed by atoms with Crippen molar-refractivity contribution in [2.75, 3.05) is 5.32 Å². The fraction of sp³-hybridized carbons (Fsp3) is 0. The van der Waals surface area contributed by atoms with Crippen molar-refractivity contribution in [3.05, 3.63) is 59.0 Å². The number of benzene rings is 2. The molecule has 4 nitrogen and oxygen atoms in total. The van der Waals surface area contributed by atoms with Gasteiger partial charge < -0.3 is 5.32 Å². The molecule has 3 aromatic rings. The van der Waals surface area contributed by atoms with E-state index in [1.807, 2.05) is 30.3 Å². The third-order valence-corrected chi connectivity index (χ3v) is 3.33. The lowest BCUT2D eigenvalue weighted by atomic mass is 10.1. The number of nitriles is 1. The summed E-state index contributed by atoms with van der Waals surface area (Å²) in [7, 11) is 0. The van der Waals surface area contributed by atoms with Crippen LogP contribution in [0.2, 0.25) is 0 Å². The highest BCUT2D eigenvalue weighted by atomic mass is 79.9. The molecule has 1 N–H and O–H groups in total. The molecule has 3 rings (SSSR count). The zero-order valence-electron chi connectivity index (χ0n) is 10.3. The zero-order chi connectivity index (χ0) is 13.9. The number of aromatic nitrogens is 2. The van der Waals surface area contributed by atoms with Crippen LogP contribution in [0, 0.1) is 11.3 Å². The predicted octanol–water partition coefficient (Wildman–Crippen LogP) is 4.01. The Morgan fingerprint density at radius 1 is 1.00 bits per heavy atom. The lowest BCUT2D eigenvalue weighted by Gasteiger charge is -2.06. The Bertz CT molecular complexity index is 806. The molecule has 1 aromatic heterocycles. The minimum atomic E-state index is 0.305. The third-order valence-electron chi connectivity index (χ3n) is 2.84. The maximum Gasteiger partial charge on any atom is 0.158 e. The van der Waals surface area contributed by atoms with Crippen molar-refractivity contribution in [1.29, 1.82) is 5.26 Å². The van der Waals surface area contributed by atoms with E-state index < -0.39 is 0 Å². The fourth-order valence-electron chi connectivity index (χ4n) is 1.89. The van der Waals surface area contributed by atoms with Crippen LogP contribution in [0.15, 0.2) is 53.3 Å². The number of halogens is 1. The van der Waals surface area contributed by atoms with E-state index in [-0.39, 0.29) is 0 Å². The topological polar surface area (TPSA) is 61.6 Å². The zero-order valence-corrected chi connectivity index (χ0v) is 11.9. The van der Waals surface area contributed by atoms with Crippen molar-refractivity contribution in [3.63, 3.8) is 0 Å². The highest BCUT2D eigenvalue weighted by Gasteiger charge is 2.00. The van der Waals surface area contributed by atoms with E-state index >= 15 is 0 Å². The van der Waals surface area contributed by atoms with E-state index in [0.29, 0.717) is 11.5 Å². The van der Waals surface area contributed by atoms with Gasteiger partial charge in [0.05, 0.1) is 12.4 Å². The van der Waals surface area contributed by atoms with Gasteiger partial charge in [-0.3, -0.25) is 0 Å². The van der Waals surface area contributed by atoms with Crippen LogP contribution in [0.5, 0.6) is 0 Å². The van der Waals surface area contributed by atoms with Gasteiger partial charge in [-0.2, -0.15) is 5.26 Å². The second-order valence-electron chi connectivity index (χ2n) is 4.23. The van der Waals surface area contributed by atoms with Gasteiger partial charge in [-0.15, -0.1) is 0 Å². The van der Waals surface area contributed by atoms with Crippen LogP contribution in [0.1, 0.15) is 5.69 Å². The van der Waals surface area contributed by atoms with E-state index in [1.165, 1.54) is 6.20 Å². The first-order valence-corrected chi connectivity index (χ1v) is 6.72. The first-order valence-electron chi connectivity index (χ1n) is 5.93. The van der Waals surface area contributed by atoms with Gasteiger partial charge >= 0.3 is 0 Å². The van der Waals surface area contributed by atoms with Crippen molar-refractivity contribution < 1.29 is 0 Å². The number of anilines is 2. The minimum absolute atomic E-state index is 0.305. The Morgan fingerprint density at radius 2 is 1.80 bits per heavy atom. The van der Waals surface area contributed by atoms with Gasteiger partial charge in [-0.1, -0.05) is 28.1 Å². The van der Waals surface area contributed by atoms with Crippen LogP contribution in [0.3, 0.4) is 0 Å². The maximum atomic E-state index is 8.68.